The molecule has 0 saturated heterocycles. The Morgan fingerprint density at radius 1 is 0.581 bits per heavy atom. The van der Waals surface area contributed by atoms with E-state index in [9.17, 15) is 39.6 Å². The maximum absolute atomic E-state index is 10.9. The van der Waals surface area contributed by atoms with E-state index in [-0.39, 0.29) is 34.0 Å². The van der Waals surface area contributed by atoms with Crippen molar-refractivity contribution in [2.45, 2.75) is 99.8 Å². The van der Waals surface area contributed by atoms with E-state index in [0.29, 0.717) is 38.5 Å². The number of carbonyl (C=O) groups is 4. The molecule has 0 heterocycles. The van der Waals surface area contributed by atoms with Crippen molar-refractivity contribution < 1.29 is 39.6 Å². The average Bonchev–Trinajstić information content (AvgIpc) is 2.97. The summed E-state index contributed by atoms with van der Waals surface area (Å²) in [5.74, 6) is -5.85. The van der Waals surface area contributed by atoms with Crippen LogP contribution in [0.5, 0.6) is 0 Å². The number of unbranched alkanes of at least 4 members (excludes halogenated alkanes) is 2. The molecule has 2 aromatic carbocycles. The Labute approximate surface area is 267 Å². The van der Waals surface area contributed by atoms with Crippen molar-refractivity contribution in [3.05, 3.63) is 71.8 Å². The summed E-state index contributed by atoms with van der Waals surface area (Å²) in [6.45, 7) is 4.58. The Morgan fingerprint density at radius 2 is 0.930 bits per heavy atom. The molecule has 2 atom stereocenters. The summed E-state index contributed by atoms with van der Waals surface area (Å²) in [5, 5.41) is 42.3. The van der Waals surface area contributed by atoms with Crippen LogP contribution in [0, 0.1) is 11.8 Å². The fraction of sp³-hybridized carbons (Fsp3) is 0.529. The third-order valence-corrected chi connectivity index (χ3v) is 10.6. The third kappa shape index (κ3) is 24.3. The van der Waals surface area contributed by atoms with Gasteiger partial charge in [-0.1, -0.05) is 60.7 Å². The van der Waals surface area contributed by atoms with Crippen LogP contribution in [-0.2, 0) is 32.0 Å². The monoisotopic (exact) mass is 702 g/mol. The average molecular weight is 701 g/mol. The Bertz CT molecular complexity index is 932. The van der Waals surface area contributed by atoms with Crippen molar-refractivity contribution in [1.29, 1.82) is 0 Å². The van der Waals surface area contributed by atoms with E-state index in [4.69, 9.17) is 0 Å². The fourth-order valence-electron chi connectivity index (χ4n) is 4.12. The van der Waals surface area contributed by atoms with Gasteiger partial charge >= 0.3 is 69.5 Å². The Hall–Kier alpha value is -2.88. The van der Waals surface area contributed by atoms with Gasteiger partial charge < -0.3 is 39.6 Å². The van der Waals surface area contributed by atoms with Gasteiger partial charge in [-0.2, -0.15) is 0 Å². The molecular weight excluding hydrogens is 655 g/mol. The molecule has 0 saturated carbocycles. The second-order valence-electron chi connectivity index (χ2n) is 10.4. The van der Waals surface area contributed by atoms with Crippen LogP contribution in [0.1, 0.15) is 89.2 Å². The van der Waals surface area contributed by atoms with E-state index in [0.717, 1.165) is 11.1 Å². The molecule has 43 heavy (non-hydrogen) atoms. The first-order chi connectivity index (χ1) is 20.6. The van der Waals surface area contributed by atoms with Crippen LogP contribution in [0.3, 0.4) is 0 Å². The van der Waals surface area contributed by atoms with E-state index in [2.05, 4.69) is 13.8 Å². The molecule has 0 fully saturated rings. The van der Waals surface area contributed by atoms with Gasteiger partial charge in [0, 0.05) is 35.7 Å². The summed E-state index contributed by atoms with van der Waals surface area (Å²) in [6.07, 6.45) is 7.55. The fourth-order valence-corrected chi connectivity index (χ4v) is 8.28. The van der Waals surface area contributed by atoms with Crippen LogP contribution in [0.4, 0.5) is 0 Å². The molecule has 234 valence electrons. The van der Waals surface area contributed by atoms with Crippen molar-refractivity contribution in [2.75, 3.05) is 0 Å². The first-order valence-electron chi connectivity index (χ1n) is 15.2. The van der Waals surface area contributed by atoms with Gasteiger partial charge in [0.2, 0.25) is 0 Å². The number of carbonyl (C=O) groups excluding carboxylic acids is 4. The molecule has 0 spiro atoms. The summed E-state index contributed by atoms with van der Waals surface area (Å²) in [7, 11) is 0. The molecule has 2 aromatic rings. The van der Waals surface area contributed by atoms with Gasteiger partial charge in [0.1, 0.15) is 0 Å². The van der Waals surface area contributed by atoms with Crippen LogP contribution in [0.25, 0.3) is 0 Å². The molecule has 0 amide bonds. The smallest absolute Gasteiger partial charge is 0.0448 e. The van der Waals surface area contributed by atoms with E-state index in [1.54, 1.807) is 8.87 Å². The Kier molecular flexibility index (Phi) is 24.9. The van der Waals surface area contributed by atoms with Crippen LogP contribution in [0.15, 0.2) is 60.7 Å². The molecule has 2 unspecified atom stereocenters. The predicted octanol–water partition coefficient (Wildman–Crippen LogP) is 2.16. The van der Waals surface area contributed by atoms with Crippen molar-refractivity contribution in [3.8, 4) is 0 Å². The predicted molar refractivity (Wildman–Crippen MR) is 160 cm³/mol. The van der Waals surface area contributed by atoms with Gasteiger partial charge in [-0.15, -0.1) is 0 Å². The van der Waals surface area contributed by atoms with Gasteiger partial charge in [-0.3, -0.25) is 0 Å². The Balaban J connectivity index is 0.000000648. The van der Waals surface area contributed by atoms with Gasteiger partial charge in [0.05, 0.1) is 0 Å². The molecular formula is C34H46O8Sn. The number of aliphatic carboxylic acids is 4. The molecule has 0 aliphatic carbocycles. The molecule has 0 aliphatic heterocycles. The summed E-state index contributed by atoms with van der Waals surface area (Å²) in [4.78, 5) is 42.3. The van der Waals surface area contributed by atoms with Crippen LogP contribution >= 0.6 is 0 Å². The number of rotatable bonds is 20. The van der Waals surface area contributed by atoms with Crippen molar-refractivity contribution in [1.82, 2.24) is 0 Å². The first kappa shape index (κ1) is 40.1. The van der Waals surface area contributed by atoms with Crippen molar-refractivity contribution in [3.63, 3.8) is 0 Å². The normalized spacial score (nSPS) is 11.6. The maximum Gasteiger partial charge on any atom is 0.0448 e. The molecule has 8 nitrogen and oxygen atoms in total. The summed E-state index contributed by atoms with van der Waals surface area (Å²) in [6, 6.07) is 18.4. The third-order valence-electron chi connectivity index (χ3n) is 6.60. The standard InChI is InChI=1S/2C13H16O4.2C4H9.Sn/c2*14-12(15)8-4-7-11(13(16)17)9-10-5-2-1-3-6-10;2*1-3-4-2;/h2*1-3,5-6,11H,4,7-9H2,(H,14,15)(H,16,17);2*1,3-4H2,2H3;/q;;;;+4/p-4. The zero-order valence-corrected chi connectivity index (χ0v) is 28.4. The largest absolute Gasteiger partial charge is 0.550 e. The first-order valence-corrected chi connectivity index (χ1v) is 19.2. The summed E-state index contributed by atoms with van der Waals surface area (Å²) in [5.41, 5.74) is 1.82. The van der Waals surface area contributed by atoms with Crippen molar-refractivity contribution >= 4 is 45.0 Å². The molecule has 0 aliphatic rings. The van der Waals surface area contributed by atoms with Gasteiger partial charge in [0.25, 0.3) is 0 Å². The van der Waals surface area contributed by atoms with E-state index in [1.807, 2.05) is 60.7 Å². The van der Waals surface area contributed by atoms with Crippen molar-refractivity contribution in [2.24, 2.45) is 11.8 Å². The number of benzene rings is 2. The number of hydrogen-bond acceptors (Lipinski definition) is 8. The van der Waals surface area contributed by atoms with Crippen LogP contribution in [-0.4, -0.2) is 45.0 Å². The second kappa shape index (κ2) is 26.7. The van der Waals surface area contributed by atoms with Crippen LogP contribution < -0.4 is 20.4 Å². The number of carboxylic acid groups (broad SMARTS) is 4. The topological polar surface area (TPSA) is 161 Å². The zero-order chi connectivity index (χ0) is 32.3. The van der Waals surface area contributed by atoms with Gasteiger partial charge in [-0.05, 0) is 62.5 Å². The number of hydrogen-bond donors (Lipinski definition) is 0. The van der Waals surface area contributed by atoms with E-state index < -0.39 is 35.7 Å². The zero-order valence-electron chi connectivity index (χ0n) is 25.6. The van der Waals surface area contributed by atoms with Crippen LogP contribution in [0.2, 0.25) is 8.87 Å². The Morgan fingerprint density at radius 3 is 1.21 bits per heavy atom. The molecule has 6 radical (unpaired) electrons. The summed E-state index contributed by atoms with van der Waals surface area (Å²) < 4.78 is 3.25. The second-order valence-corrected chi connectivity index (χ2v) is 14.7. The quantitative estimate of drug-likeness (QED) is 0.150. The molecule has 0 aromatic heterocycles. The minimum atomic E-state index is -1.15. The SMILES string of the molecule is CCC[CH2][Sn+4][CH2]CCC.O=C([O-])CCCC(Cc1ccccc1)C(=O)[O-].O=C([O-])CCCC(Cc1ccccc1)C(=O)[O-]. The molecule has 9 heteroatoms. The molecule has 0 bridgehead atoms. The molecule has 0 N–H and O–H groups in total. The van der Waals surface area contributed by atoms with Gasteiger partial charge in [0.15, 0.2) is 0 Å². The van der Waals surface area contributed by atoms with E-state index in [1.165, 1.54) is 25.7 Å². The maximum atomic E-state index is 10.9. The summed E-state index contributed by atoms with van der Waals surface area (Å²) >= 11 is 0.149. The number of carboxylic acids is 4. The minimum Gasteiger partial charge on any atom is -0.550 e. The van der Waals surface area contributed by atoms with Gasteiger partial charge in [-0.25, -0.2) is 0 Å². The minimum absolute atomic E-state index is 0.113. The molecule has 2 rings (SSSR count). The van der Waals surface area contributed by atoms with E-state index >= 15 is 0 Å².